The fourth-order valence-corrected chi connectivity index (χ4v) is 3.19. The van der Waals surface area contributed by atoms with E-state index in [0.29, 0.717) is 13.0 Å². The first-order valence-electron chi connectivity index (χ1n) is 9.30. The van der Waals surface area contributed by atoms with Gasteiger partial charge in [-0.2, -0.15) is 0 Å². The van der Waals surface area contributed by atoms with Crippen LogP contribution >= 0.6 is 0 Å². The molecular weight excluding hydrogens is 326 g/mol. The molecule has 1 fully saturated rings. The summed E-state index contributed by atoms with van der Waals surface area (Å²) in [6.45, 7) is 6.96. The number of pyridine rings is 1. The average Bonchev–Trinajstić information content (AvgIpc) is 2.68. The molecule has 1 aromatic heterocycles. The lowest BCUT2D eigenvalue weighted by Gasteiger charge is -2.34. The Bertz CT molecular complexity index is 697. The zero-order chi connectivity index (χ0) is 18.2. The summed E-state index contributed by atoms with van der Waals surface area (Å²) >= 11 is 0. The van der Waals surface area contributed by atoms with E-state index in [1.165, 1.54) is 5.56 Å². The number of ether oxygens (including phenoxy) is 1. The number of amides is 1. The summed E-state index contributed by atoms with van der Waals surface area (Å²) in [5.41, 5.74) is 2.35. The highest BCUT2D eigenvalue weighted by atomic mass is 16.5. The number of aryl methyl sites for hydroxylation is 1. The van der Waals surface area contributed by atoms with E-state index in [-0.39, 0.29) is 5.91 Å². The number of carbonyl (C=O) groups excluding carboxylic acids is 1. The minimum Gasteiger partial charge on any atom is -0.493 e. The molecule has 0 bridgehead atoms. The van der Waals surface area contributed by atoms with E-state index in [1.807, 2.05) is 48.4 Å². The summed E-state index contributed by atoms with van der Waals surface area (Å²) in [6.07, 6.45) is 5.01. The molecule has 138 valence electrons. The van der Waals surface area contributed by atoms with Crippen LogP contribution in [0.5, 0.6) is 5.75 Å². The molecule has 0 N–H and O–H groups in total. The summed E-state index contributed by atoms with van der Waals surface area (Å²) in [7, 11) is 0. The number of nitrogens with zero attached hydrogens (tertiary/aromatic N) is 3. The molecule has 5 heteroatoms. The van der Waals surface area contributed by atoms with Crippen molar-refractivity contribution in [3.8, 4) is 5.75 Å². The Kier molecular flexibility index (Phi) is 6.61. The molecular formula is C21H27N3O2. The molecule has 0 atom stereocenters. The van der Waals surface area contributed by atoms with Crippen molar-refractivity contribution < 1.29 is 9.53 Å². The Balaban J connectivity index is 1.34. The Hall–Kier alpha value is -2.40. The molecule has 1 aliphatic heterocycles. The van der Waals surface area contributed by atoms with E-state index in [4.69, 9.17) is 4.74 Å². The average molecular weight is 353 g/mol. The largest absolute Gasteiger partial charge is 0.493 e. The fraction of sp³-hybridized carbons (Fsp3) is 0.429. The number of rotatable bonds is 7. The van der Waals surface area contributed by atoms with E-state index < -0.39 is 0 Å². The van der Waals surface area contributed by atoms with Gasteiger partial charge < -0.3 is 9.64 Å². The number of hydrogen-bond acceptors (Lipinski definition) is 4. The van der Waals surface area contributed by atoms with Gasteiger partial charge in [0.2, 0.25) is 5.91 Å². The van der Waals surface area contributed by atoms with Gasteiger partial charge in [0.1, 0.15) is 5.75 Å². The van der Waals surface area contributed by atoms with Crippen molar-refractivity contribution in [2.24, 2.45) is 0 Å². The second-order valence-electron chi connectivity index (χ2n) is 6.74. The van der Waals surface area contributed by atoms with Crippen molar-refractivity contribution in [2.45, 2.75) is 26.3 Å². The van der Waals surface area contributed by atoms with Gasteiger partial charge in [0.05, 0.1) is 6.61 Å². The Morgan fingerprint density at radius 1 is 1.12 bits per heavy atom. The van der Waals surface area contributed by atoms with Crippen LogP contribution in [0.1, 0.15) is 24.0 Å². The van der Waals surface area contributed by atoms with Crippen molar-refractivity contribution in [3.63, 3.8) is 0 Å². The second-order valence-corrected chi connectivity index (χ2v) is 6.74. The molecule has 2 aromatic rings. The molecule has 1 aromatic carbocycles. The zero-order valence-corrected chi connectivity index (χ0v) is 15.4. The predicted molar refractivity (Wildman–Crippen MR) is 102 cm³/mol. The van der Waals surface area contributed by atoms with Gasteiger partial charge in [-0.15, -0.1) is 0 Å². The van der Waals surface area contributed by atoms with Gasteiger partial charge in [0.15, 0.2) is 0 Å². The molecule has 1 aliphatic rings. The maximum absolute atomic E-state index is 12.4. The Labute approximate surface area is 155 Å². The van der Waals surface area contributed by atoms with Crippen LogP contribution in [0.3, 0.4) is 0 Å². The van der Waals surface area contributed by atoms with Gasteiger partial charge in [0, 0.05) is 51.5 Å². The quantitative estimate of drug-likeness (QED) is 0.718. The van der Waals surface area contributed by atoms with Crippen LogP contribution in [0.15, 0.2) is 48.8 Å². The van der Waals surface area contributed by atoms with E-state index in [2.05, 4.69) is 16.0 Å². The minimum absolute atomic E-state index is 0.236. The third-order valence-electron chi connectivity index (χ3n) is 4.74. The summed E-state index contributed by atoms with van der Waals surface area (Å²) < 4.78 is 5.77. The van der Waals surface area contributed by atoms with Crippen LogP contribution in [0.25, 0.3) is 0 Å². The van der Waals surface area contributed by atoms with Gasteiger partial charge in [-0.05, 0) is 36.6 Å². The lowest BCUT2D eigenvalue weighted by atomic mass is 10.2. The standard InChI is InChI=1S/C21H27N3O2/c1-18-6-2-3-8-20(18)26-15-5-9-21(25)24-13-11-23(12-14-24)17-19-7-4-10-22-16-19/h2-4,6-8,10,16H,5,9,11-15,17H2,1H3. The van der Waals surface area contributed by atoms with Gasteiger partial charge in [0.25, 0.3) is 0 Å². The molecule has 1 amide bonds. The summed E-state index contributed by atoms with van der Waals surface area (Å²) in [5.74, 6) is 1.14. The van der Waals surface area contributed by atoms with Gasteiger partial charge in [-0.1, -0.05) is 24.3 Å². The van der Waals surface area contributed by atoms with Crippen molar-refractivity contribution in [1.82, 2.24) is 14.8 Å². The first-order chi connectivity index (χ1) is 12.7. The molecule has 0 saturated carbocycles. The minimum atomic E-state index is 0.236. The first kappa shape index (κ1) is 18.4. The maximum atomic E-state index is 12.4. The Morgan fingerprint density at radius 3 is 2.65 bits per heavy atom. The molecule has 0 spiro atoms. The van der Waals surface area contributed by atoms with Gasteiger partial charge >= 0.3 is 0 Å². The molecule has 0 radical (unpaired) electrons. The van der Waals surface area contributed by atoms with Crippen LogP contribution in [0.2, 0.25) is 0 Å². The van der Waals surface area contributed by atoms with Crippen LogP contribution in [-0.4, -0.2) is 53.5 Å². The third-order valence-corrected chi connectivity index (χ3v) is 4.74. The Morgan fingerprint density at radius 2 is 1.92 bits per heavy atom. The first-order valence-corrected chi connectivity index (χ1v) is 9.30. The highest BCUT2D eigenvalue weighted by molar-refractivity contribution is 5.76. The summed E-state index contributed by atoms with van der Waals surface area (Å²) in [5, 5.41) is 0. The molecule has 2 heterocycles. The normalized spacial score (nSPS) is 15.0. The summed E-state index contributed by atoms with van der Waals surface area (Å²) in [4.78, 5) is 20.9. The van der Waals surface area contributed by atoms with Crippen molar-refractivity contribution in [3.05, 3.63) is 59.9 Å². The summed E-state index contributed by atoms with van der Waals surface area (Å²) in [6, 6.07) is 12.0. The lowest BCUT2D eigenvalue weighted by Crippen LogP contribution is -2.48. The molecule has 5 nitrogen and oxygen atoms in total. The second kappa shape index (κ2) is 9.34. The molecule has 1 saturated heterocycles. The monoisotopic (exact) mass is 353 g/mol. The predicted octanol–water partition coefficient (Wildman–Crippen LogP) is 2.89. The van der Waals surface area contributed by atoms with Crippen LogP contribution in [0, 0.1) is 6.92 Å². The topological polar surface area (TPSA) is 45.7 Å². The van der Waals surface area contributed by atoms with Crippen molar-refractivity contribution in [2.75, 3.05) is 32.8 Å². The highest BCUT2D eigenvalue weighted by Gasteiger charge is 2.20. The third kappa shape index (κ3) is 5.30. The smallest absolute Gasteiger partial charge is 0.222 e. The van der Waals surface area contributed by atoms with Crippen LogP contribution in [0.4, 0.5) is 0 Å². The molecule has 26 heavy (non-hydrogen) atoms. The van der Waals surface area contributed by atoms with Crippen LogP contribution in [-0.2, 0) is 11.3 Å². The highest BCUT2D eigenvalue weighted by Crippen LogP contribution is 2.16. The van der Waals surface area contributed by atoms with E-state index in [9.17, 15) is 4.79 Å². The van der Waals surface area contributed by atoms with E-state index >= 15 is 0 Å². The SMILES string of the molecule is Cc1ccccc1OCCCC(=O)N1CCN(Cc2cccnc2)CC1. The molecule has 0 unspecified atom stereocenters. The van der Waals surface area contributed by atoms with Gasteiger partial charge in [-0.25, -0.2) is 0 Å². The molecule has 0 aliphatic carbocycles. The van der Waals surface area contributed by atoms with Crippen molar-refractivity contribution in [1.29, 1.82) is 0 Å². The zero-order valence-electron chi connectivity index (χ0n) is 15.4. The van der Waals surface area contributed by atoms with E-state index in [0.717, 1.165) is 50.5 Å². The van der Waals surface area contributed by atoms with Crippen molar-refractivity contribution >= 4 is 5.91 Å². The maximum Gasteiger partial charge on any atom is 0.222 e. The number of hydrogen-bond donors (Lipinski definition) is 0. The lowest BCUT2D eigenvalue weighted by molar-refractivity contribution is -0.133. The number of benzene rings is 1. The number of piperazine rings is 1. The number of carbonyl (C=O) groups is 1. The fourth-order valence-electron chi connectivity index (χ4n) is 3.19. The van der Waals surface area contributed by atoms with Crippen LogP contribution < -0.4 is 4.74 Å². The van der Waals surface area contributed by atoms with E-state index in [1.54, 1.807) is 6.20 Å². The number of aromatic nitrogens is 1. The molecule has 3 rings (SSSR count). The van der Waals surface area contributed by atoms with Gasteiger partial charge in [-0.3, -0.25) is 14.7 Å². The number of para-hydroxylation sites is 1.